The van der Waals surface area contributed by atoms with E-state index in [1.54, 1.807) is 6.20 Å². The van der Waals surface area contributed by atoms with Gasteiger partial charge in [0.1, 0.15) is 18.1 Å². The summed E-state index contributed by atoms with van der Waals surface area (Å²) in [6.07, 6.45) is 2.53. The second-order valence-electron chi connectivity index (χ2n) is 8.32. The average Bonchev–Trinajstić information content (AvgIpc) is 3.21. The van der Waals surface area contributed by atoms with Crippen LogP contribution in [-0.4, -0.2) is 81.2 Å². The topological polar surface area (TPSA) is 187 Å². The van der Waals surface area contributed by atoms with E-state index >= 15 is 0 Å². The molecule has 192 valence electrons. The van der Waals surface area contributed by atoms with Gasteiger partial charge < -0.3 is 36.9 Å². The van der Waals surface area contributed by atoms with Crippen LogP contribution in [0.1, 0.15) is 25.8 Å². The number of hydrogen-bond acceptors (Lipinski definition) is 7. The van der Waals surface area contributed by atoms with E-state index in [2.05, 4.69) is 20.9 Å². The lowest BCUT2D eigenvalue weighted by Gasteiger charge is -2.26. The number of benzene rings is 1. The van der Waals surface area contributed by atoms with Crippen LogP contribution in [0.3, 0.4) is 0 Å². The second-order valence-corrected chi connectivity index (χ2v) is 9.31. The van der Waals surface area contributed by atoms with Crippen molar-refractivity contribution in [2.75, 3.05) is 12.0 Å². The molecule has 0 radical (unpaired) electrons. The Morgan fingerprint density at radius 1 is 1.03 bits per heavy atom. The van der Waals surface area contributed by atoms with Gasteiger partial charge in [0.2, 0.25) is 17.7 Å². The number of rotatable bonds is 13. The lowest BCUT2D eigenvalue weighted by Crippen LogP contribution is -2.59. The number of amides is 3. The molecule has 12 heteroatoms. The van der Waals surface area contributed by atoms with Crippen LogP contribution >= 0.6 is 11.8 Å². The number of para-hydroxylation sites is 1. The number of carbonyl (C=O) groups is 4. The zero-order valence-corrected chi connectivity index (χ0v) is 20.7. The molecule has 1 aromatic heterocycles. The molecule has 3 amide bonds. The summed E-state index contributed by atoms with van der Waals surface area (Å²) in [5, 5.41) is 28.0. The molecule has 0 saturated heterocycles. The summed E-state index contributed by atoms with van der Waals surface area (Å²) in [5.74, 6) is -2.81. The first-order valence-corrected chi connectivity index (χ1v) is 12.6. The van der Waals surface area contributed by atoms with Crippen LogP contribution in [0.25, 0.3) is 10.9 Å². The minimum absolute atomic E-state index is 0.0367. The number of thioether (sulfide) groups is 1. The highest BCUT2D eigenvalue weighted by Crippen LogP contribution is 2.19. The molecule has 0 aliphatic carbocycles. The number of aliphatic carboxylic acids is 1. The molecular formula is C23H33N5O6S. The summed E-state index contributed by atoms with van der Waals surface area (Å²) in [4.78, 5) is 52.8. The normalized spacial score (nSPS) is 15.5. The Labute approximate surface area is 207 Å². The number of aliphatic hydroxyl groups is 1. The van der Waals surface area contributed by atoms with Crippen molar-refractivity contribution in [3.8, 4) is 0 Å². The number of carbonyl (C=O) groups excluding carboxylic acids is 3. The van der Waals surface area contributed by atoms with Crippen LogP contribution in [0.2, 0.25) is 0 Å². The molecule has 35 heavy (non-hydrogen) atoms. The molecule has 0 fully saturated rings. The first-order valence-electron chi connectivity index (χ1n) is 11.2. The number of aliphatic hydroxyl groups excluding tert-OH is 1. The van der Waals surface area contributed by atoms with Crippen molar-refractivity contribution in [3.05, 3.63) is 36.0 Å². The fourth-order valence-electron chi connectivity index (χ4n) is 3.45. The molecular weight excluding hydrogens is 474 g/mol. The molecule has 0 aliphatic rings. The summed E-state index contributed by atoms with van der Waals surface area (Å²) < 4.78 is 0. The van der Waals surface area contributed by atoms with Gasteiger partial charge in [-0.3, -0.25) is 14.4 Å². The maximum Gasteiger partial charge on any atom is 0.326 e. The van der Waals surface area contributed by atoms with E-state index in [-0.39, 0.29) is 12.8 Å². The monoisotopic (exact) mass is 507 g/mol. The number of aromatic nitrogens is 1. The number of hydrogen-bond donors (Lipinski definition) is 7. The fourth-order valence-corrected chi connectivity index (χ4v) is 3.92. The Bertz CT molecular complexity index is 1040. The SMILES string of the molecule is CSCCC(NC(=O)C(NC(=O)C(C)N)C(C)O)C(=O)NC(Cc1c[nH]c2ccccc12)C(=O)O. The number of fused-ring (bicyclic) bond motifs is 1. The number of aromatic amines is 1. The maximum atomic E-state index is 13.0. The predicted molar refractivity (Wildman–Crippen MR) is 134 cm³/mol. The maximum absolute atomic E-state index is 13.0. The van der Waals surface area contributed by atoms with Gasteiger partial charge in [0.05, 0.1) is 12.1 Å². The van der Waals surface area contributed by atoms with Crippen molar-refractivity contribution in [3.63, 3.8) is 0 Å². The van der Waals surface area contributed by atoms with E-state index in [1.807, 2.05) is 30.5 Å². The minimum Gasteiger partial charge on any atom is -0.480 e. The molecule has 0 aliphatic heterocycles. The number of nitrogens with two attached hydrogens (primary N) is 1. The molecule has 11 nitrogen and oxygen atoms in total. The summed E-state index contributed by atoms with van der Waals surface area (Å²) in [5.41, 5.74) is 7.10. The van der Waals surface area contributed by atoms with Crippen LogP contribution in [0, 0.1) is 0 Å². The van der Waals surface area contributed by atoms with Crippen LogP contribution in [-0.2, 0) is 25.6 Å². The second kappa shape index (κ2) is 13.1. The standard InChI is InChI=1S/C23H33N5O6S/c1-12(24)20(30)28-19(13(2)29)22(32)26-17(8-9-35-3)21(31)27-18(23(33)34)10-14-11-25-16-7-5-4-6-15(14)16/h4-7,11-13,17-19,25,29H,8-10,24H2,1-3H3,(H,26,32)(H,27,31)(H,28,30)(H,33,34). The van der Waals surface area contributed by atoms with Gasteiger partial charge in [-0.1, -0.05) is 18.2 Å². The Kier molecular flexibility index (Phi) is 10.6. The summed E-state index contributed by atoms with van der Waals surface area (Å²) in [7, 11) is 0. The Morgan fingerprint density at radius 3 is 2.29 bits per heavy atom. The van der Waals surface area contributed by atoms with Crippen molar-refractivity contribution in [1.82, 2.24) is 20.9 Å². The molecule has 1 aromatic carbocycles. The van der Waals surface area contributed by atoms with Crippen molar-refractivity contribution in [2.24, 2.45) is 5.73 Å². The van der Waals surface area contributed by atoms with Gasteiger partial charge in [-0.25, -0.2) is 4.79 Å². The van der Waals surface area contributed by atoms with E-state index in [4.69, 9.17) is 5.73 Å². The van der Waals surface area contributed by atoms with E-state index in [9.17, 15) is 29.4 Å². The number of carboxylic acid groups (broad SMARTS) is 1. The van der Waals surface area contributed by atoms with Crippen LogP contribution < -0.4 is 21.7 Å². The zero-order valence-electron chi connectivity index (χ0n) is 19.9. The summed E-state index contributed by atoms with van der Waals surface area (Å²) in [6, 6.07) is 2.87. The fraction of sp³-hybridized carbons (Fsp3) is 0.478. The van der Waals surface area contributed by atoms with Gasteiger partial charge in [-0.15, -0.1) is 0 Å². The van der Waals surface area contributed by atoms with Crippen molar-refractivity contribution < 1.29 is 29.4 Å². The van der Waals surface area contributed by atoms with Crippen LogP contribution in [0.5, 0.6) is 0 Å². The first-order chi connectivity index (χ1) is 16.5. The predicted octanol–water partition coefficient (Wildman–Crippen LogP) is -0.269. The lowest BCUT2D eigenvalue weighted by molar-refractivity contribution is -0.142. The third kappa shape index (κ3) is 7.98. The number of nitrogens with one attached hydrogen (secondary N) is 4. The molecule has 1 heterocycles. The number of H-pyrrole nitrogens is 1. The van der Waals surface area contributed by atoms with E-state index in [0.29, 0.717) is 5.75 Å². The number of carboxylic acids is 1. The largest absolute Gasteiger partial charge is 0.480 e. The zero-order chi connectivity index (χ0) is 26.1. The van der Waals surface area contributed by atoms with E-state index < -0.39 is 54.0 Å². The molecule has 5 atom stereocenters. The highest BCUT2D eigenvalue weighted by molar-refractivity contribution is 7.98. The Balaban J connectivity index is 2.16. The average molecular weight is 508 g/mol. The lowest BCUT2D eigenvalue weighted by atomic mass is 10.0. The third-order valence-corrected chi connectivity index (χ3v) is 6.08. The summed E-state index contributed by atoms with van der Waals surface area (Å²) in [6.45, 7) is 2.76. The van der Waals surface area contributed by atoms with Crippen molar-refractivity contribution in [2.45, 2.75) is 57.0 Å². The summed E-state index contributed by atoms with van der Waals surface area (Å²) >= 11 is 1.45. The van der Waals surface area contributed by atoms with Crippen molar-refractivity contribution in [1.29, 1.82) is 0 Å². The smallest absolute Gasteiger partial charge is 0.326 e. The quantitative estimate of drug-likeness (QED) is 0.193. The highest BCUT2D eigenvalue weighted by atomic mass is 32.2. The van der Waals surface area contributed by atoms with Crippen molar-refractivity contribution >= 4 is 46.4 Å². The van der Waals surface area contributed by atoms with Gasteiger partial charge in [-0.05, 0) is 43.9 Å². The molecule has 2 aromatic rings. The molecule has 0 bridgehead atoms. The van der Waals surface area contributed by atoms with Gasteiger partial charge in [-0.2, -0.15) is 11.8 Å². The third-order valence-electron chi connectivity index (χ3n) is 5.43. The van der Waals surface area contributed by atoms with Crippen LogP contribution in [0.15, 0.2) is 30.5 Å². The molecule has 2 rings (SSSR count). The minimum atomic E-state index is -1.33. The van der Waals surface area contributed by atoms with Crippen LogP contribution in [0.4, 0.5) is 0 Å². The van der Waals surface area contributed by atoms with Gasteiger partial charge in [0, 0.05) is 23.5 Å². The van der Waals surface area contributed by atoms with Gasteiger partial charge in [0.15, 0.2) is 0 Å². The molecule has 0 spiro atoms. The molecule has 5 unspecified atom stereocenters. The van der Waals surface area contributed by atoms with E-state index in [0.717, 1.165) is 16.5 Å². The van der Waals surface area contributed by atoms with E-state index in [1.165, 1.54) is 25.6 Å². The molecule has 0 saturated carbocycles. The van der Waals surface area contributed by atoms with Gasteiger partial charge in [0.25, 0.3) is 0 Å². The van der Waals surface area contributed by atoms with Gasteiger partial charge >= 0.3 is 5.97 Å². The first kappa shape index (κ1) is 28.1. The Morgan fingerprint density at radius 2 is 1.69 bits per heavy atom. The highest BCUT2D eigenvalue weighted by Gasteiger charge is 2.32. The Hall–Kier alpha value is -3.09. The molecule has 8 N–H and O–H groups in total.